The molecule has 0 saturated carbocycles. The number of carbonyl (C=O) groups is 3. The van der Waals surface area contributed by atoms with Crippen LogP contribution in [0, 0.1) is 0 Å². The molecule has 1 saturated heterocycles. The molecule has 0 unspecified atom stereocenters. The second-order valence-electron chi connectivity index (χ2n) is 4.60. The lowest BCUT2D eigenvalue weighted by Gasteiger charge is -2.31. The molecule has 2 rings (SSSR count). The normalized spacial score (nSPS) is 15.5. The number of likely N-dealkylation sites (N-methyl/N-ethyl adjacent to an activating group) is 1. The third-order valence-corrected chi connectivity index (χ3v) is 3.22. The Kier molecular flexibility index (Phi) is 3.94. The molecule has 5 nitrogen and oxygen atoms in total. The molecule has 0 N–H and O–H groups in total. The van der Waals surface area contributed by atoms with Crippen LogP contribution in [0.5, 0.6) is 0 Å². The largest absolute Gasteiger partial charge is 0.342 e. The zero-order valence-electron chi connectivity index (χ0n) is 10.8. The summed E-state index contributed by atoms with van der Waals surface area (Å²) in [7, 11) is 1.71. The zero-order chi connectivity index (χ0) is 13.8. The Hall–Kier alpha value is -2.17. The first-order valence-electron chi connectivity index (χ1n) is 6.18. The number of amides is 2. The summed E-state index contributed by atoms with van der Waals surface area (Å²) in [4.78, 5) is 38.4. The van der Waals surface area contributed by atoms with Crippen LogP contribution in [0.15, 0.2) is 30.3 Å². The second-order valence-corrected chi connectivity index (χ2v) is 4.60. The molecule has 1 aliphatic rings. The van der Waals surface area contributed by atoms with Crippen molar-refractivity contribution >= 4 is 17.6 Å². The summed E-state index contributed by atoms with van der Waals surface area (Å²) >= 11 is 0. The quantitative estimate of drug-likeness (QED) is 0.589. The molecule has 100 valence electrons. The van der Waals surface area contributed by atoms with E-state index in [2.05, 4.69) is 0 Å². The predicted octanol–water partition coefficient (Wildman–Crippen LogP) is 0.560. The first-order chi connectivity index (χ1) is 9.08. The average Bonchev–Trinajstić information content (AvgIpc) is 2.42. The van der Waals surface area contributed by atoms with Gasteiger partial charge < -0.3 is 9.80 Å². The third-order valence-electron chi connectivity index (χ3n) is 3.22. The van der Waals surface area contributed by atoms with Gasteiger partial charge in [0, 0.05) is 25.7 Å². The molecule has 1 aliphatic heterocycles. The number of Topliss-reactive ketones (excluding diaryl/α,β-unsaturated/α-hetero) is 1. The summed E-state index contributed by atoms with van der Waals surface area (Å²) in [5.41, 5.74) is 0.524. The summed E-state index contributed by atoms with van der Waals surface area (Å²) in [6, 6.07) is 8.71. The fourth-order valence-electron chi connectivity index (χ4n) is 1.95. The van der Waals surface area contributed by atoms with Crippen LogP contribution in [-0.4, -0.2) is 54.1 Å². The molecule has 19 heavy (non-hydrogen) atoms. The summed E-state index contributed by atoms with van der Waals surface area (Å²) in [6.07, 6.45) is -0.180. The minimum atomic E-state index is -0.282. The van der Waals surface area contributed by atoms with Crippen molar-refractivity contribution in [1.29, 1.82) is 0 Å². The molecule has 2 amide bonds. The summed E-state index contributed by atoms with van der Waals surface area (Å²) in [5.74, 6) is -0.584. The maximum Gasteiger partial charge on any atom is 0.241 e. The molecule has 0 aliphatic carbocycles. The zero-order valence-corrected chi connectivity index (χ0v) is 10.8. The van der Waals surface area contributed by atoms with Crippen molar-refractivity contribution in [3.63, 3.8) is 0 Å². The molecule has 0 spiro atoms. The molecule has 1 heterocycles. The van der Waals surface area contributed by atoms with Crippen molar-refractivity contribution in [2.45, 2.75) is 6.42 Å². The van der Waals surface area contributed by atoms with Crippen LogP contribution in [0.1, 0.15) is 16.8 Å². The van der Waals surface area contributed by atoms with E-state index in [0.717, 1.165) is 0 Å². The van der Waals surface area contributed by atoms with Crippen molar-refractivity contribution in [1.82, 2.24) is 9.80 Å². The SMILES string of the molecule is CN1CCN(C(=O)CC(=O)c2ccccc2)CC1=O. The summed E-state index contributed by atoms with van der Waals surface area (Å²) in [5, 5.41) is 0. The van der Waals surface area contributed by atoms with E-state index in [4.69, 9.17) is 0 Å². The van der Waals surface area contributed by atoms with Gasteiger partial charge in [0.2, 0.25) is 11.8 Å². The van der Waals surface area contributed by atoms with Gasteiger partial charge in [0.1, 0.15) is 0 Å². The number of hydrogen-bond acceptors (Lipinski definition) is 3. The molecule has 0 bridgehead atoms. The Bertz CT molecular complexity index is 499. The van der Waals surface area contributed by atoms with E-state index in [1.54, 1.807) is 36.2 Å². The Morgan fingerprint density at radius 1 is 1.16 bits per heavy atom. The van der Waals surface area contributed by atoms with Crippen molar-refractivity contribution < 1.29 is 14.4 Å². The number of rotatable bonds is 3. The molecule has 0 aromatic heterocycles. The van der Waals surface area contributed by atoms with Gasteiger partial charge >= 0.3 is 0 Å². The monoisotopic (exact) mass is 260 g/mol. The van der Waals surface area contributed by atoms with Gasteiger partial charge in [-0.25, -0.2) is 0 Å². The Balaban J connectivity index is 1.95. The molecule has 0 atom stereocenters. The van der Waals surface area contributed by atoms with Crippen LogP contribution < -0.4 is 0 Å². The third kappa shape index (κ3) is 3.19. The van der Waals surface area contributed by atoms with Gasteiger partial charge in [-0.3, -0.25) is 14.4 Å². The molecular weight excluding hydrogens is 244 g/mol. The van der Waals surface area contributed by atoms with Gasteiger partial charge in [-0.05, 0) is 0 Å². The summed E-state index contributed by atoms with van der Waals surface area (Å²) in [6.45, 7) is 1.07. The molecule has 1 aromatic carbocycles. The van der Waals surface area contributed by atoms with Crippen molar-refractivity contribution in [2.24, 2.45) is 0 Å². The number of benzene rings is 1. The molecule has 1 fully saturated rings. The van der Waals surface area contributed by atoms with Crippen LogP contribution >= 0.6 is 0 Å². The molecule has 5 heteroatoms. The van der Waals surface area contributed by atoms with E-state index >= 15 is 0 Å². The summed E-state index contributed by atoms with van der Waals surface area (Å²) < 4.78 is 0. The minimum absolute atomic E-state index is 0.0669. The Labute approximate surface area is 111 Å². The van der Waals surface area contributed by atoms with Gasteiger partial charge in [-0.15, -0.1) is 0 Å². The molecular formula is C14H16N2O3. The Morgan fingerprint density at radius 3 is 2.47 bits per heavy atom. The smallest absolute Gasteiger partial charge is 0.241 e. The van der Waals surface area contributed by atoms with E-state index in [1.165, 1.54) is 4.90 Å². The average molecular weight is 260 g/mol. The van der Waals surface area contributed by atoms with E-state index < -0.39 is 0 Å². The standard InChI is InChI=1S/C14H16N2O3/c1-15-7-8-16(10-14(15)19)13(18)9-12(17)11-5-3-2-4-6-11/h2-6H,7-10H2,1H3. The lowest BCUT2D eigenvalue weighted by Crippen LogP contribution is -2.50. The highest BCUT2D eigenvalue weighted by atomic mass is 16.2. The van der Waals surface area contributed by atoms with Gasteiger partial charge in [0.15, 0.2) is 5.78 Å². The number of carbonyl (C=O) groups excluding carboxylic acids is 3. The fourth-order valence-corrected chi connectivity index (χ4v) is 1.95. The Morgan fingerprint density at radius 2 is 1.84 bits per heavy atom. The highest BCUT2D eigenvalue weighted by Gasteiger charge is 2.26. The fraction of sp³-hybridized carbons (Fsp3) is 0.357. The highest BCUT2D eigenvalue weighted by molar-refractivity contribution is 6.07. The van der Waals surface area contributed by atoms with Gasteiger partial charge in [0.25, 0.3) is 0 Å². The van der Waals surface area contributed by atoms with Gasteiger partial charge in [-0.2, -0.15) is 0 Å². The second kappa shape index (κ2) is 5.65. The van der Waals surface area contributed by atoms with Gasteiger partial charge in [0.05, 0.1) is 13.0 Å². The van der Waals surface area contributed by atoms with E-state index in [-0.39, 0.29) is 30.6 Å². The molecule has 0 radical (unpaired) electrons. The maximum absolute atomic E-state index is 12.0. The van der Waals surface area contributed by atoms with Crippen LogP contribution in [0.25, 0.3) is 0 Å². The van der Waals surface area contributed by atoms with Crippen molar-refractivity contribution in [3.8, 4) is 0 Å². The molecule has 1 aromatic rings. The van der Waals surface area contributed by atoms with Crippen LogP contribution in [0.3, 0.4) is 0 Å². The number of nitrogens with zero attached hydrogens (tertiary/aromatic N) is 2. The lowest BCUT2D eigenvalue weighted by molar-refractivity contribution is -0.143. The van der Waals surface area contributed by atoms with Crippen LogP contribution in [0.4, 0.5) is 0 Å². The lowest BCUT2D eigenvalue weighted by atomic mass is 10.1. The van der Waals surface area contributed by atoms with Crippen molar-refractivity contribution in [2.75, 3.05) is 26.7 Å². The van der Waals surface area contributed by atoms with Gasteiger partial charge in [-0.1, -0.05) is 30.3 Å². The van der Waals surface area contributed by atoms with E-state index in [1.807, 2.05) is 6.07 Å². The van der Waals surface area contributed by atoms with Crippen molar-refractivity contribution in [3.05, 3.63) is 35.9 Å². The van der Waals surface area contributed by atoms with E-state index in [9.17, 15) is 14.4 Å². The van der Waals surface area contributed by atoms with Crippen LogP contribution in [-0.2, 0) is 9.59 Å². The number of piperazine rings is 1. The topological polar surface area (TPSA) is 57.7 Å². The first kappa shape index (κ1) is 13.3. The predicted molar refractivity (Wildman–Crippen MR) is 69.6 cm³/mol. The number of hydrogen-bond donors (Lipinski definition) is 0. The number of ketones is 1. The highest BCUT2D eigenvalue weighted by Crippen LogP contribution is 2.08. The first-order valence-corrected chi connectivity index (χ1v) is 6.18. The van der Waals surface area contributed by atoms with E-state index in [0.29, 0.717) is 18.7 Å². The minimum Gasteiger partial charge on any atom is -0.342 e. The maximum atomic E-state index is 12.0. The van der Waals surface area contributed by atoms with Crippen LogP contribution in [0.2, 0.25) is 0 Å².